The van der Waals surface area contributed by atoms with Crippen LogP contribution in [0.2, 0.25) is 0 Å². The molecule has 13 heavy (non-hydrogen) atoms. The number of rotatable bonds is 1. The van der Waals surface area contributed by atoms with Crippen molar-refractivity contribution in [2.24, 2.45) is 0 Å². The van der Waals surface area contributed by atoms with Gasteiger partial charge in [-0.15, -0.1) is 0 Å². The number of hydrogen-bond acceptors (Lipinski definition) is 3. The average molecular weight is 197 g/mol. The monoisotopic (exact) mass is 197 g/mol. The predicted octanol–water partition coefficient (Wildman–Crippen LogP) is -0.0196. The van der Waals surface area contributed by atoms with Crippen molar-refractivity contribution >= 4 is 11.9 Å². The van der Waals surface area contributed by atoms with Gasteiger partial charge in [0, 0.05) is 6.42 Å². The van der Waals surface area contributed by atoms with Gasteiger partial charge in [-0.05, 0) is 0 Å². The second kappa shape index (κ2) is 3.23. The number of alkyl halides is 3. The third-order valence-electron chi connectivity index (χ3n) is 1.50. The summed E-state index contributed by atoms with van der Waals surface area (Å²) in [7, 11) is 0. The van der Waals surface area contributed by atoms with Gasteiger partial charge in [-0.1, -0.05) is 0 Å². The molecule has 0 aromatic heterocycles. The molecule has 0 bridgehead atoms. The fourth-order valence-electron chi connectivity index (χ4n) is 0.867. The number of hydrogen-bond donors (Lipinski definition) is 1. The first-order valence-corrected chi connectivity index (χ1v) is 3.45. The van der Waals surface area contributed by atoms with Gasteiger partial charge in [0.15, 0.2) is 0 Å². The van der Waals surface area contributed by atoms with E-state index in [1.807, 2.05) is 0 Å². The molecule has 0 aromatic carbocycles. The first-order chi connectivity index (χ1) is 5.91. The molecule has 1 heterocycles. The molecule has 1 rings (SSSR count). The topological polar surface area (TPSA) is 55.4 Å². The molecule has 0 saturated carbocycles. The zero-order valence-corrected chi connectivity index (χ0v) is 6.35. The molecule has 1 unspecified atom stereocenters. The number of amides is 1. The average Bonchev–Trinajstić information content (AvgIpc) is 2.34. The van der Waals surface area contributed by atoms with Crippen LogP contribution in [0.3, 0.4) is 0 Å². The SMILES string of the molecule is O=C1OCCC1NC(=O)C(F)(F)F. The summed E-state index contributed by atoms with van der Waals surface area (Å²) < 4.78 is 39.4. The molecule has 0 radical (unpaired) electrons. The van der Waals surface area contributed by atoms with Gasteiger partial charge in [-0.25, -0.2) is 4.79 Å². The Hall–Kier alpha value is -1.27. The van der Waals surface area contributed by atoms with Crippen molar-refractivity contribution in [2.75, 3.05) is 6.61 Å². The second-order valence-electron chi connectivity index (χ2n) is 2.48. The highest BCUT2D eigenvalue weighted by atomic mass is 19.4. The van der Waals surface area contributed by atoms with Gasteiger partial charge in [0.25, 0.3) is 0 Å². The van der Waals surface area contributed by atoms with E-state index in [0.29, 0.717) is 0 Å². The van der Waals surface area contributed by atoms with Crippen LogP contribution in [0.15, 0.2) is 0 Å². The second-order valence-corrected chi connectivity index (χ2v) is 2.48. The normalized spacial score (nSPS) is 22.7. The van der Waals surface area contributed by atoms with Crippen molar-refractivity contribution in [3.63, 3.8) is 0 Å². The van der Waals surface area contributed by atoms with Crippen molar-refractivity contribution in [1.82, 2.24) is 5.32 Å². The van der Waals surface area contributed by atoms with Crippen LogP contribution in [0.1, 0.15) is 6.42 Å². The smallest absolute Gasteiger partial charge is 0.464 e. The number of halogens is 3. The lowest BCUT2D eigenvalue weighted by Crippen LogP contribution is -2.45. The fourth-order valence-corrected chi connectivity index (χ4v) is 0.867. The lowest BCUT2D eigenvalue weighted by atomic mass is 10.2. The van der Waals surface area contributed by atoms with E-state index < -0.39 is 24.1 Å². The van der Waals surface area contributed by atoms with Gasteiger partial charge in [0.05, 0.1) is 6.61 Å². The highest BCUT2D eigenvalue weighted by molar-refractivity contribution is 5.88. The Kier molecular flexibility index (Phi) is 2.44. The van der Waals surface area contributed by atoms with E-state index >= 15 is 0 Å². The Morgan fingerprint density at radius 3 is 2.54 bits per heavy atom. The van der Waals surface area contributed by atoms with Crippen LogP contribution >= 0.6 is 0 Å². The van der Waals surface area contributed by atoms with E-state index in [1.165, 1.54) is 5.32 Å². The number of esters is 1. The molecule has 0 aromatic rings. The van der Waals surface area contributed by atoms with Crippen LogP contribution in [0.5, 0.6) is 0 Å². The van der Waals surface area contributed by atoms with E-state index in [-0.39, 0.29) is 13.0 Å². The molecule has 74 valence electrons. The summed E-state index contributed by atoms with van der Waals surface area (Å²) in [6.07, 6.45) is -4.87. The summed E-state index contributed by atoms with van der Waals surface area (Å²) in [6, 6.07) is -1.16. The molecule has 0 spiro atoms. The molecule has 7 heteroatoms. The molecule has 1 aliphatic rings. The maximum absolute atomic E-state index is 11.7. The van der Waals surface area contributed by atoms with Crippen LogP contribution in [0.4, 0.5) is 13.2 Å². The van der Waals surface area contributed by atoms with Crippen LogP contribution in [-0.4, -0.2) is 30.7 Å². The molecule has 0 aliphatic carbocycles. The molecular formula is C6H6F3NO3. The highest BCUT2D eigenvalue weighted by Crippen LogP contribution is 2.16. The largest absolute Gasteiger partial charge is 0.471 e. The minimum Gasteiger partial charge on any atom is -0.464 e. The zero-order valence-electron chi connectivity index (χ0n) is 6.35. The van der Waals surface area contributed by atoms with Gasteiger partial charge in [-0.2, -0.15) is 13.2 Å². The van der Waals surface area contributed by atoms with E-state index in [9.17, 15) is 22.8 Å². The molecular weight excluding hydrogens is 191 g/mol. The van der Waals surface area contributed by atoms with Gasteiger partial charge >= 0.3 is 18.1 Å². The molecule has 1 saturated heterocycles. The van der Waals surface area contributed by atoms with E-state index in [1.54, 1.807) is 0 Å². The minimum atomic E-state index is -4.96. The van der Waals surface area contributed by atoms with Gasteiger partial charge in [-0.3, -0.25) is 4.79 Å². The van der Waals surface area contributed by atoms with Crippen molar-refractivity contribution in [2.45, 2.75) is 18.6 Å². The van der Waals surface area contributed by atoms with Crippen LogP contribution in [0.25, 0.3) is 0 Å². The Morgan fingerprint density at radius 1 is 1.54 bits per heavy atom. The minimum absolute atomic E-state index is 0.0433. The zero-order chi connectivity index (χ0) is 10.1. The van der Waals surface area contributed by atoms with Crippen molar-refractivity contribution < 1.29 is 27.5 Å². The third kappa shape index (κ3) is 2.33. The standard InChI is InChI=1S/C6H6F3NO3/c7-6(8,9)5(12)10-3-1-2-13-4(3)11/h3H,1-2H2,(H,10,12). The summed E-state index contributed by atoms with van der Waals surface area (Å²) in [5.74, 6) is -2.94. The first-order valence-electron chi connectivity index (χ1n) is 3.45. The van der Waals surface area contributed by atoms with Crippen LogP contribution in [0, 0.1) is 0 Å². The molecule has 1 aliphatic heterocycles. The summed E-state index contributed by atoms with van der Waals surface area (Å²) in [6.45, 7) is 0.0433. The fraction of sp³-hybridized carbons (Fsp3) is 0.667. The Balaban J connectivity index is 2.49. The predicted molar refractivity (Wildman–Crippen MR) is 33.6 cm³/mol. The maximum atomic E-state index is 11.7. The van der Waals surface area contributed by atoms with Gasteiger partial charge < -0.3 is 10.1 Å². The lowest BCUT2D eigenvalue weighted by molar-refractivity contribution is -0.175. The molecule has 1 atom stereocenters. The van der Waals surface area contributed by atoms with Crippen molar-refractivity contribution in [3.8, 4) is 0 Å². The van der Waals surface area contributed by atoms with E-state index in [0.717, 1.165) is 0 Å². The van der Waals surface area contributed by atoms with E-state index in [4.69, 9.17) is 0 Å². The van der Waals surface area contributed by atoms with Gasteiger partial charge in [0.2, 0.25) is 0 Å². The number of nitrogens with one attached hydrogen (secondary N) is 1. The molecule has 4 nitrogen and oxygen atoms in total. The lowest BCUT2D eigenvalue weighted by Gasteiger charge is -2.10. The van der Waals surface area contributed by atoms with E-state index in [2.05, 4.69) is 4.74 Å². The summed E-state index contributed by atoms with van der Waals surface area (Å²) in [5, 5.41) is 1.53. The van der Waals surface area contributed by atoms with Crippen molar-refractivity contribution in [3.05, 3.63) is 0 Å². The maximum Gasteiger partial charge on any atom is 0.471 e. The highest BCUT2D eigenvalue weighted by Gasteiger charge is 2.42. The number of carbonyl (C=O) groups excluding carboxylic acids is 2. The molecule has 1 fully saturated rings. The quantitative estimate of drug-likeness (QED) is 0.601. The summed E-state index contributed by atoms with van der Waals surface area (Å²) in [4.78, 5) is 21.0. The summed E-state index contributed by atoms with van der Waals surface area (Å²) in [5.41, 5.74) is 0. The summed E-state index contributed by atoms with van der Waals surface area (Å²) >= 11 is 0. The number of ether oxygens (including phenoxy) is 1. The third-order valence-corrected chi connectivity index (χ3v) is 1.50. The van der Waals surface area contributed by atoms with Crippen molar-refractivity contribution in [1.29, 1.82) is 0 Å². The Labute approximate surface area is 71.0 Å². The molecule has 1 N–H and O–H groups in total. The number of cyclic esters (lactones) is 1. The van der Waals surface area contributed by atoms with Crippen LogP contribution < -0.4 is 5.32 Å². The Bertz CT molecular complexity index is 238. The first kappa shape index (κ1) is 9.82. The molecule has 1 amide bonds. The van der Waals surface area contributed by atoms with Gasteiger partial charge in [0.1, 0.15) is 6.04 Å². The number of carbonyl (C=O) groups is 2. The van der Waals surface area contributed by atoms with Crippen LogP contribution in [-0.2, 0) is 14.3 Å². The Morgan fingerprint density at radius 2 is 2.15 bits per heavy atom.